The molecule has 94 valence electrons. The monoisotopic (exact) mass is 238 g/mol. The van der Waals surface area contributed by atoms with Crippen LogP contribution in [-0.4, -0.2) is 12.5 Å². The summed E-state index contributed by atoms with van der Waals surface area (Å²) < 4.78 is 13.5. The molecule has 0 unspecified atom stereocenters. The van der Waals surface area contributed by atoms with Gasteiger partial charge in [0, 0.05) is 18.2 Å². The number of nitrogens with one attached hydrogen (secondary N) is 1. The Hall–Kier alpha value is -1.42. The summed E-state index contributed by atoms with van der Waals surface area (Å²) in [6, 6.07) is 6.43. The summed E-state index contributed by atoms with van der Waals surface area (Å²) in [5.74, 6) is -0.616. The maximum atomic E-state index is 13.5. The maximum absolute atomic E-state index is 13.5. The summed E-state index contributed by atoms with van der Waals surface area (Å²) >= 11 is 0. The lowest BCUT2D eigenvalue weighted by Gasteiger charge is -2.24. The number of benzene rings is 1. The van der Waals surface area contributed by atoms with Gasteiger partial charge < -0.3 is 11.1 Å². The summed E-state index contributed by atoms with van der Waals surface area (Å²) in [5, 5.41) is 3.12. The number of amides is 1. The van der Waals surface area contributed by atoms with E-state index in [2.05, 4.69) is 5.32 Å². The predicted molar refractivity (Wildman–Crippen MR) is 65.8 cm³/mol. The highest BCUT2D eigenvalue weighted by molar-refractivity contribution is 5.80. The van der Waals surface area contributed by atoms with Gasteiger partial charge >= 0.3 is 0 Å². The molecule has 0 aliphatic carbocycles. The molecule has 0 spiro atoms. The van der Waals surface area contributed by atoms with Gasteiger partial charge in [0.05, 0.1) is 5.41 Å². The Kier molecular flexibility index (Phi) is 4.23. The molecule has 1 rings (SSSR count). The number of nitrogens with two attached hydrogens (primary N) is 1. The van der Waals surface area contributed by atoms with E-state index in [4.69, 9.17) is 5.73 Å². The molecule has 3 nitrogen and oxygen atoms in total. The van der Waals surface area contributed by atoms with Gasteiger partial charge in [0.1, 0.15) is 5.82 Å². The van der Waals surface area contributed by atoms with Crippen LogP contribution in [0.25, 0.3) is 0 Å². The van der Waals surface area contributed by atoms with Crippen molar-refractivity contribution < 1.29 is 9.18 Å². The van der Waals surface area contributed by atoms with E-state index < -0.39 is 5.41 Å². The molecule has 17 heavy (non-hydrogen) atoms. The fourth-order valence-electron chi connectivity index (χ4n) is 1.43. The summed E-state index contributed by atoms with van der Waals surface area (Å²) in [6.07, 6.45) is 0. The summed E-state index contributed by atoms with van der Waals surface area (Å²) in [6.45, 7) is 5.79. The molecule has 0 saturated heterocycles. The molecule has 0 radical (unpaired) electrons. The van der Waals surface area contributed by atoms with Crippen LogP contribution in [0, 0.1) is 11.2 Å². The minimum absolute atomic E-state index is 0.158. The van der Waals surface area contributed by atoms with Gasteiger partial charge in [-0.15, -0.1) is 0 Å². The first-order valence-electron chi connectivity index (χ1n) is 5.62. The zero-order valence-corrected chi connectivity index (χ0v) is 10.5. The van der Waals surface area contributed by atoms with Gasteiger partial charge in [0.15, 0.2) is 0 Å². The molecule has 4 heteroatoms. The number of carbonyl (C=O) groups is 1. The van der Waals surface area contributed by atoms with Crippen molar-refractivity contribution in [1.29, 1.82) is 0 Å². The first kappa shape index (κ1) is 13.6. The molecule has 0 fully saturated rings. The van der Waals surface area contributed by atoms with E-state index in [0.29, 0.717) is 12.1 Å². The molecule has 1 atom stereocenters. The second-order valence-corrected chi connectivity index (χ2v) is 4.87. The molecule has 0 heterocycles. The van der Waals surface area contributed by atoms with Crippen LogP contribution in [0.5, 0.6) is 0 Å². The maximum Gasteiger partial charge on any atom is 0.224 e. The van der Waals surface area contributed by atoms with Crippen molar-refractivity contribution in [3.05, 3.63) is 35.6 Å². The van der Waals surface area contributed by atoms with Crippen molar-refractivity contribution in [2.75, 3.05) is 6.54 Å². The summed E-state index contributed by atoms with van der Waals surface area (Å²) in [4.78, 5) is 11.1. The standard InChI is InChI=1S/C13H19FN2O/c1-9(10-6-4-5-7-11(10)14)16-8-13(2,3)12(15)17/h4-7,9,16H,8H2,1-3H3,(H2,15,17)/t9-/m0/s1. The molecule has 0 saturated carbocycles. The second kappa shape index (κ2) is 5.27. The van der Waals surface area contributed by atoms with E-state index in [0.717, 1.165) is 0 Å². The molecule has 3 N–H and O–H groups in total. The number of halogens is 1. The second-order valence-electron chi connectivity index (χ2n) is 4.87. The van der Waals surface area contributed by atoms with E-state index in [1.54, 1.807) is 32.0 Å². The molecular weight excluding hydrogens is 219 g/mol. The Morgan fingerprint density at radius 3 is 2.59 bits per heavy atom. The molecule has 0 bridgehead atoms. The van der Waals surface area contributed by atoms with Crippen molar-refractivity contribution in [1.82, 2.24) is 5.32 Å². The third kappa shape index (κ3) is 3.53. The lowest BCUT2D eigenvalue weighted by Crippen LogP contribution is -2.41. The van der Waals surface area contributed by atoms with E-state index in [1.165, 1.54) is 6.07 Å². The number of primary amides is 1. The van der Waals surface area contributed by atoms with Gasteiger partial charge in [-0.3, -0.25) is 4.79 Å². The molecule has 0 aliphatic heterocycles. The van der Waals surface area contributed by atoms with Crippen molar-refractivity contribution in [3.63, 3.8) is 0 Å². The zero-order chi connectivity index (χ0) is 13.1. The Labute approximate surface area is 101 Å². The van der Waals surface area contributed by atoms with E-state index in [1.807, 2.05) is 6.92 Å². The third-order valence-electron chi connectivity index (χ3n) is 2.89. The topological polar surface area (TPSA) is 55.1 Å². The zero-order valence-electron chi connectivity index (χ0n) is 10.5. The van der Waals surface area contributed by atoms with E-state index >= 15 is 0 Å². The van der Waals surface area contributed by atoms with Crippen molar-refractivity contribution in [3.8, 4) is 0 Å². The Balaban J connectivity index is 2.65. The normalized spacial score (nSPS) is 13.4. The van der Waals surface area contributed by atoms with Gasteiger partial charge in [-0.1, -0.05) is 18.2 Å². The predicted octanol–water partition coefficient (Wildman–Crippen LogP) is 1.99. The van der Waals surface area contributed by atoms with Crippen LogP contribution in [0.4, 0.5) is 4.39 Å². The Bertz CT molecular complexity index is 404. The highest BCUT2D eigenvalue weighted by Gasteiger charge is 2.25. The first-order valence-corrected chi connectivity index (χ1v) is 5.62. The quantitative estimate of drug-likeness (QED) is 0.824. The smallest absolute Gasteiger partial charge is 0.224 e. The number of hydrogen-bond donors (Lipinski definition) is 2. The number of rotatable bonds is 5. The van der Waals surface area contributed by atoms with Gasteiger partial charge in [-0.05, 0) is 26.8 Å². The summed E-state index contributed by atoms with van der Waals surface area (Å²) in [5.41, 5.74) is 5.22. The van der Waals surface area contributed by atoms with Crippen LogP contribution in [-0.2, 0) is 4.79 Å². The largest absolute Gasteiger partial charge is 0.369 e. The SMILES string of the molecule is C[C@H](NCC(C)(C)C(N)=O)c1ccccc1F. The molecular formula is C13H19FN2O. The lowest BCUT2D eigenvalue weighted by atomic mass is 9.92. The lowest BCUT2D eigenvalue weighted by molar-refractivity contribution is -0.125. The minimum atomic E-state index is -0.639. The van der Waals surface area contributed by atoms with Crippen LogP contribution in [0.1, 0.15) is 32.4 Å². The molecule has 0 aliphatic rings. The average Bonchev–Trinajstić information content (AvgIpc) is 2.26. The van der Waals surface area contributed by atoms with Crippen LogP contribution < -0.4 is 11.1 Å². The van der Waals surface area contributed by atoms with Gasteiger partial charge in [-0.25, -0.2) is 4.39 Å². The van der Waals surface area contributed by atoms with Crippen LogP contribution in [0.3, 0.4) is 0 Å². The molecule has 1 aromatic rings. The van der Waals surface area contributed by atoms with Crippen LogP contribution >= 0.6 is 0 Å². The van der Waals surface area contributed by atoms with E-state index in [9.17, 15) is 9.18 Å². The minimum Gasteiger partial charge on any atom is -0.369 e. The van der Waals surface area contributed by atoms with Crippen molar-refractivity contribution in [2.45, 2.75) is 26.8 Å². The van der Waals surface area contributed by atoms with Gasteiger partial charge in [0.2, 0.25) is 5.91 Å². The third-order valence-corrected chi connectivity index (χ3v) is 2.89. The van der Waals surface area contributed by atoms with Crippen molar-refractivity contribution in [2.24, 2.45) is 11.1 Å². The fraction of sp³-hybridized carbons (Fsp3) is 0.462. The molecule has 1 aromatic carbocycles. The van der Waals surface area contributed by atoms with Crippen LogP contribution in [0.15, 0.2) is 24.3 Å². The number of carbonyl (C=O) groups excluding carboxylic acids is 1. The number of hydrogen-bond acceptors (Lipinski definition) is 2. The first-order chi connectivity index (χ1) is 7.84. The highest BCUT2D eigenvalue weighted by atomic mass is 19.1. The Morgan fingerprint density at radius 2 is 2.06 bits per heavy atom. The highest BCUT2D eigenvalue weighted by Crippen LogP contribution is 2.19. The molecule has 0 aromatic heterocycles. The molecule has 1 amide bonds. The van der Waals surface area contributed by atoms with Gasteiger partial charge in [0.25, 0.3) is 0 Å². The average molecular weight is 238 g/mol. The van der Waals surface area contributed by atoms with Crippen molar-refractivity contribution >= 4 is 5.91 Å². The fourth-order valence-corrected chi connectivity index (χ4v) is 1.43. The van der Waals surface area contributed by atoms with Crippen LogP contribution in [0.2, 0.25) is 0 Å². The van der Waals surface area contributed by atoms with Gasteiger partial charge in [-0.2, -0.15) is 0 Å². The van der Waals surface area contributed by atoms with E-state index in [-0.39, 0.29) is 17.8 Å². The Morgan fingerprint density at radius 1 is 1.47 bits per heavy atom. The summed E-state index contributed by atoms with van der Waals surface area (Å²) in [7, 11) is 0.